The molecule has 3 rings (SSSR count). The van der Waals surface area contributed by atoms with Gasteiger partial charge in [-0.1, -0.05) is 13.3 Å². The van der Waals surface area contributed by atoms with Gasteiger partial charge in [0.1, 0.15) is 0 Å². The third-order valence-electron chi connectivity index (χ3n) is 4.44. The Morgan fingerprint density at radius 2 is 2.31 bits per heavy atom. The zero-order chi connectivity index (χ0) is 11.3. The molecule has 2 aliphatic rings. The van der Waals surface area contributed by atoms with Crippen molar-refractivity contribution >= 4 is 0 Å². The minimum absolute atomic E-state index is 0.294. The lowest BCUT2D eigenvalue weighted by Gasteiger charge is -2.21. The van der Waals surface area contributed by atoms with Crippen LogP contribution in [0.5, 0.6) is 0 Å². The molecule has 2 N–H and O–H groups in total. The summed E-state index contributed by atoms with van der Waals surface area (Å²) in [5.41, 5.74) is 10.6. The van der Waals surface area contributed by atoms with E-state index in [1.807, 2.05) is 0 Å². The monoisotopic (exact) mass is 218 g/mol. The molecule has 1 fully saturated rings. The van der Waals surface area contributed by atoms with Gasteiger partial charge < -0.3 is 10.3 Å². The predicted molar refractivity (Wildman–Crippen MR) is 66.5 cm³/mol. The van der Waals surface area contributed by atoms with E-state index in [4.69, 9.17) is 5.73 Å². The highest BCUT2D eigenvalue weighted by atomic mass is 15.1. The highest BCUT2D eigenvalue weighted by molar-refractivity contribution is 5.34. The average Bonchev–Trinajstić information content (AvgIpc) is 2.95. The molecule has 2 heteroatoms. The summed E-state index contributed by atoms with van der Waals surface area (Å²) in [6, 6.07) is 3.42. The van der Waals surface area contributed by atoms with E-state index in [0.29, 0.717) is 6.04 Å². The predicted octanol–water partition coefficient (Wildman–Crippen LogP) is 3.10. The SMILES string of the molecule is CCC1CC1n1c(C)cc2c1CCCC2N. The van der Waals surface area contributed by atoms with Gasteiger partial charge in [-0.2, -0.15) is 0 Å². The van der Waals surface area contributed by atoms with Crippen LogP contribution in [0.4, 0.5) is 0 Å². The largest absolute Gasteiger partial charge is 0.345 e. The van der Waals surface area contributed by atoms with Crippen LogP contribution in [0.1, 0.15) is 61.6 Å². The molecule has 0 radical (unpaired) electrons. The summed E-state index contributed by atoms with van der Waals surface area (Å²) < 4.78 is 2.60. The van der Waals surface area contributed by atoms with E-state index < -0.39 is 0 Å². The molecule has 2 nitrogen and oxygen atoms in total. The van der Waals surface area contributed by atoms with E-state index in [9.17, 15) is 0 Å². The Morgan fingerprint density at radius 1 is 1.50 bits per heavy atom. The van der Waals surface area contributed by atoms with Crippen molar-refractivity contribution < 1.29 is 0 Å². The van der Waals surface area contributed by atoms with E-state index in [-0.39, 0.29) is 0 Å². The lowest BCUT2D eigenvalue weighted by atomic mass is 9.93. The molecular weight excluding hydrogens is 196 g/mol. The van der Waals surface area contributed by atoms with Crippen LogP contribution in [0.15, 0.2) is 6.07 Å². The van der Waals surface area contributed by atoms with Crippen LogP contribution in [0.3, 0.4) is 0 Å². The molecule has 16 heavy (non-hydrogen) atoms. The molecule has 0 aromatic carbocycles. The fraction of sp³-hybridized carbons (Fsp3) is 0.714. The number of aryl methyl sites for hydroxylation is 1. The van der Waals surface area contributed by atoms with Crippen molar-refractivity contribution in [2.75, 3.05) is 0 Å². The maximum Gasteiger partial charge on any atom is 0.0368 e. The third-order valence-corrected chi connectivity index (χ3v) is 4.44. The molecule has 0 amide bonds. The minimum Gasteiger partial charge on any atom is -0.345 e. The quantitative estimate of drug-likeness (QED) is 0.812. The second-order valence-corrected chi connectivity index (χ2v) is 5.53. The standard InChI is InChI=1S/C14H22N2/c1-3-10-8-14(10)16-9(2)7-11-12(15)5-4-6-13(11)16/h7,10,12,14H,3-6,8,15H2,1-2H3. The van der Waals surface area contributed by atoms with Crippen LogP contribution in [0.25, 0.3) is 0 Å². The first kappa shape index (κ1) is 10.4. The van der Waals surface area contributed by atoms with Gasteiger partial charge >= 0.3 is 0 Å². The van der Waals surface area contributed by atoms with Crippen molar-refractivity contribution in [2.24, 2.45) is 11.7 Å². The number of hydrogen-bond acceptors (Lipinski definition) is 1. The van der Waals surface area contributed by atoms with Gasteiger partial charge in [-0.05, 0) is 50.2 Å². The van der Waals surface area contributed by atoms with Gasteiger partial charge in [-0.15, -0.1) is 0 Å². The summed E-state index contributed by atoms with van der Waals surface area (Å²) in [5, 5.41) is 0. The first-order valence-electron chi connectivity index (χ1n) is 6.68. The van der Waals surface area contributed by atoms with E-state index >= 15 is 0 Å². The fourth-order valence-corrected chi connectivity index (χ4v) is 3.41. The van der Waals surface area contributed by atoms with Crippen molar-refractivity contribution in [2.45, 2.75) is 58.0 Å². The summed E-state index contributed by atoms with van der Waals surface area (Å²) >= 11 is 0. The molecule has 0 aliphatic heterocycles. The minimum atomic E-state index is 0.294. The third kappa shape index (κ3) is 1.43. The Kier molecular flexibility index (Phi) is 2.36. The van der Waals surface area contributed by atoms with Crippen LogP contribution in [0.2, 0.25) is 0 Å². The highest BCUT2D eigenvalue weighted by Gasteiger charge is 2.39. The maximum absolute atomic E-state index is 6.20. The summed E-state index contributed by atoms with van der Waals surface area (Å²) in [4.78, 5) is 0. The zero-order valence-corrected chi connectivity index (χ0v) is 10.4. The lowest BCUT2D eigenvalue weighted by Crippen LogP contribution is -2.18. The highest BCUT2D eigenvalue weighted by Crippen LogP contribution is 2.48. The van der Waals surface area contributed by atoms with Crippen molar-refractivity contribution in [1.82, 2.24) is 4.57 Å². The Hall–Kier alpha value is -0.760. The molecule has 1 aromatic rings. The van der Waals surface area contributed by atoms with Gasteiger partial charge in [-0.25, -0.2) is 0 Å². The molecule has 1 saturated carbocycles. The number of aromatic nitrogens is 1. The van der Waals surface area contributed by atoms with Crippen LogP contribution in [-0.4, -0.2) is 4.57 Å². The van der Waals surface area contributed by atoms with Crippen molar-refractivity contribution in [3.05, 3.63) is 23.0 Å². The maximum atomic E-state index is 6.20. The summed E-state index contributed by atoms with van der Waals surface area (Å²) in [7, 11) is 0. The Balaban J connectivity index is 1.99. The topological polar surface area (TPSA) is 30.9 Å². The van der Waals surface area contributed by atoms with Gasteiger partial charge in [0, 0.05) is 23.5 Å². The molecule has 0 bridgehead atoms. The second kappa shape index (κ2) is 3.63. The van der Waals surface area contributed by atoms with Gasteiger partial charge in [0.25, 0.3) is 0 Å². The van der Waals surface area contributed by atoms with E-state index in [0.717, 1.165) is 12.0 Å². The Bertz CT molecular complexity index is 405. The number of nitrogens with two attached hydrogens (primary N) is 1. The summed E-state index contributed by atoms with van der Waals surface area (Å²) in [6.45, 7) is 4.55. The number of nitrogens with zero attached hydrogens (tertiary/aromatic N) is 1. The molecule has 1 aromatic heterocycles. The smallest absolute Gasteiger partial charge is 0.0368 e. The molecule has 2 aliphatic carbocycles. The van der Waals surface area contributed by atoms with E-state index in [1.54, 1.807) is 5.69 Å². The fourth-order valence-electron chi connectivity index (χ4n) is 3.41. The molecule has 0 spiro atoms. The van der Waals surface area contributed by atoms with E-state index in [2.05, 4.69) is 24.5 Å². The molecule has 0 saturated heterocycles. The molecular formula is C14H22N2. The first-order chi connectivity index (χ1) is 7.72. The van der Waals surface area contributed by atoms with Crippen LogP contribution in [-0.2, 0) is 6.42 Å². The van der Waals surface area contributed by atoms with Crippen LogP contribution in [0, 0.1) is 12.8 Å². The summed E-state index contributed by atoms with van der Waals surface area (Å²) in [5.74, 6) is 0.924. The Morgan fingerprint density at radius 3 is 3.00 bits per heavy atom. The number of hydrogen-bond donors (Lipinski definition) is 1. The lowest BCUT2D eigenvalue weighted by molar-refractivity contribution is 0.528. The summed E-state index contributed by atoms with van der Waals surface area (Å²) in [6.07, 6.45) is 6.38. The zero-order valence-electron chi connectivity index (χ0n) is 10.4. The molecule has 88 valence electrons. The second-order valence-electron chi connectivity index (χ2n) is 5.53. The molecule has 3 atom stereocenters. The van der Waals surface area contributed by atoms with Crippen LogP contribution < -0.4 is 5.73 Å². The molecule has 1 heterocycles. The van der Waals surface area contributed by atoms with Gasteiger partial charge in [0.15, 0.2) is 0 Å². The van der Waals surface area contributed by atoms with E-state index in [1.165, 1.54) is 43.4 Å². The Labute approximate surface area is 97.8 Å². The van der Waals surface area contributed by atoms with Gasteiger partial charge in [0.05, 0.1) is 0 Å². The number of rotatable bonds is 2. The average molecular weight is 218 g/mol. The van der Waals surface area contributed by atoms with Crippen molar-refractivity contribution in [1.29, 1.82) is 0 Å². The molecule has 3 unspecified atom stereocenters. The van der Waals surface area contributed by atoms with Crippen molar-refractivity contribution in [3.63, 3.8) is 0 Å². The first-order valence-corrected chi connectivity index (χ1v) is 6.68. The van der Waals surface area contributed by atoms with Crippen LogP contribution >= 0.6 is 0 Å². The normalized spacial score (nSPS) is 32.6. The number of fused-ring (bicyclic) bond motifs is 1. The van der Waals surface area contributed by atoms with Gasteiger partial charge in [-0.3, -0.25) is 0 Å². The van der Waals surface area contributed by atoms with Crippen molar-refractivity contribution in [3.8, 4) is 0 Å². The van der Waals surface area contributed by atoms with Gasteiger partial charge in [0.2, 0.25) is 0 Å².